The number of hydrogen-bond acceptors (Lipinski definition) is 7. The van der Waals surface area contributed by atoms with Crippen LogP contribution in [0.1, 0.15) is 45.2 Å². The van der Waals surface area contributed by atoms with Gasteiger partial charge in [0.15, 0.2) is 5.65 Å². The highest BCUT2D eigenvalue weighted by Crippen LogP contribution is 2.34. The fraction of sp³-hybridized carbons (Fsp3) is 0.500. The maximum Gasteiger partial charge on any atom is 0.252 e. The van der Waals surface area contributed by atoms with E-state index in [1.54, 1.807) is 34.9 Å². The first-order valence-electron chi connectivity index (χ1n) is 12.6. The molecule has 5 heterocycles. The first kappa shape index (κ1) is 24.0. The van der Waals surface area contributed by atoms with Crippen LogP contribution in [0.4, 0.5) is 5.69 Å². The quantitative estimate of drug-likeness (QED) is 0.412. The molecule has 188 valence electrons. The van der Waals surface area contributed by atoms with Gasteiger partial charge < -0.3 is 14.0 Å². The van der Waals surface area contributed by atoms with Crippen molar-refractivity contribution in [1.29, 1.82) is 5.26 Å². The molecule has 0 spiro atoms. The van der Waals surface area contributed by atoms with Gasteiger partial charge >= 0.3 is 0 Å². The molecule has 0 aliphatic carbocycles. The Hall–Kier alpha value is -3.71. The number of piperazine rings is 1. The van der Waals surface area contributed by atoms with Crippen molar-refractivity contribution in [3.05, 3.63) is 46.8 Å². The zero-order valence-electron chi connectivity index (χ0n) is 21.6. The van der Waals surface area contributed by atoms with E-state index >= 15 is 0 Å². The van der Waals surface area contributed by atoms with Gasteiger partial charge in [-0.25, -0.2) is 9.97 Å². The van der Waals surface area contributed by atoms with Gasteiger partial charge in [-0.15, -0.1) is 0 Å². The van der Waals surface area contributed by atoms with E-state index in [2.05, 4.69) is 52.7 Å². The van der Waals surface area contributed by atoms with Crippen molar-refractivity contribution in [3.63, 3.8) is 0 Å². The molecule has 0 amide bonds. The number of rotatable bonds is 6. The molecule has 10 nitrogen and oxygen atoms in total. The second kappa shape index (κ2) is 9.39. The Kier molecular flexibility index (Phi) is 6.26. The topological polar surface area (TPSA) is 101 Å². The fourth-order valence-electron chi connectivity index (χ4n) is 5.52. The molecular weight excluding hydrogens is 454 g/mol. The van der Waals surface area contributed by atoms with E-state index in [1.165, 1.54) is 0 Å². The van der Waals surface area contributed by atoms with Crippen LogP contribution in [-0.4, -0.2) is 59.0 Å². The molecular formula is C26H33N9O. The smallest absolute Gasteiger partial charge is 0.252 e. The van der Waals surface area contributed by atoms with Gasteiger partial charge in [0.25, 0.3) is 5.56 Å². The summed E-state index contributed by atoms with van der Waals surface area (Å²) in [5, 5.41) is 13.9. The van der Waals surface area contributed by atoms with Crippen LogP contribution >= 0.6 is 0 Å². The Morgan fingerprint density at radius 3 is 2.64 bits per heavy atom. The van der Waals surface area contributed by atoms with E-state index < -0.39 is 0 Å². The third kappa shape index (κ3) is 3.93. The predicted molar refractivity (Wildman–Crippen MR) is 140 cm³/mol. The number of aryl methyl sites for hydroxylation is 2. The number of imidazole rings is 1. The Labute approximate surface area is 210 Å². The standard InChI is InChI=1S/C26H33N9O/c1-6-19-14-35(22-11-24(36)32(5)23-15-33(9-8-27)30-25(22)23)20(7-2)13-34(19)17(3)18-10-21-26(28-12-18)31(4)16-29-21/h10-12,15-17,19-20H,6-7,9,13-14H2,1-5H3/t17?,19-,20+/m1/s1. The molecule has 1 aliphatic heterocycles. The molecule has 1 saturated heterocycles. The molecule has 1 unspecified atom stereocenters. The number of nitrogens with zero attached hydrogens (tertiary/aromatic N) is 9. The highest BCUT2D eigenvalue weighted by molar-refractivity contribution is 5.88. The molecule has 1 aliphatic rings. The van der Waals surface area contributed by atoms with E-state index in [0.717, 1.165) is 59.4 Å². The first-order valence-corrected chi connectivity index (χ1v) is 12.6. The van der Waals surface area contributed by atoms with Crippen LogP contribution in [-0.2, 0) is 20.6 Å². The van der Waals surface area contributed by atoms with Crippen LogP contribution in [0.5, 0.6) is 0 Å². The minimum absolute atomic E-state index is 0.0672. The lowest BCUT2D eigenvalue weighted by atomic mass is 9.97. The third-order valence-corrected chi connectivity index (χ3v) is 7.71. The Balaban J connectivity index is 1.50. The summed E-state index contributed by atoms with van der Waals surface area (Å²) in [4.78, 5) is 27.0. The van der Waals surface area contributed by atoms with Crippen molar-refractivity contribution < 1.29 is 0 Å². The van der Waals surface area contributed by atoms with Crippen LogP contribution in [0.3, 0.4) is 0 Å². The van der Waals surface area contributed by atoms with Gasteiger partial charge in [-0.1, -0.05) is 13.8 Å². The summed E-state index contributed by atoms with van der Waals surface area (Å²) in [7, 11) is 3.71. The summed E-state index contributed by atoms with van der Waals surface area (Å²) >= 11 is 0. The SMILES string of the molecule is CC[C@H]1CN(C(C)c2cnc3c(c2)ncn3C)[C@H](CC)CN1c1cc(=O)n(C)c2cn(CC#N)nc12. The molecule has 3 atom stereocenters. The molecule has 5 rings (SSSR count). The third-order valence-electron chi connectivity index (χ3n) is 7.71. The molecule has 0 N–H and O–H groups in total. The van der Waals surface area contributed by atoms with Gasteiger partial charge in [-0.05, 0) is 31.4 Å². The monoisotopic (exact) mass is 487 g/mol. The summed E-state index contributed by atoms with van der Waals surface area (Å²) in [6.07, 6.45) is 7.48. The zero-order valence-corrected chi connectivity index (χ0v) is 21.6. The number of fused-ring (bicyclic) bond motifs is 2. The van der Waals surface area contributed by atoms with Gasteiger partial charge in [0.1, 0.15) is 17.6 Å². The molecule has 1 fully saturated rings. The largest absolute Gasteiger partial charge is 0.364 e. The van der Waals surface area contributed by atoms with Crippen LogP contribution < -0.4 is 10.5 Å². The van der Waals surface area contributed by atoms with E-state index in [9.17, 15) is 4.79 Å². The van der Waals surface area contributed by atoms with Crippen LogP contribution in [0.2, 0.25) is 0 Å². The highest BCUT2D eigenvalue weighted by Gasteiger charge is 2.36. The second-order valence-electron chi connectivity index (χ2n) is 9.76. The van der Waals surface area contributed by atoms with Gasteiger partial charge in [-0.3, -0.25) is 14.4 Å². The minimum Gasteiger partial charge on any atom is -0.364 e. The van der Waals surface area contributed by atoms with E-state index in [4.69, 9.17) is 10.4 Å². The van der Waals surface area contributed by atoms with Gasteiger partial charge in [0, 0.05) is 57.6 Å². The Morgan fingerprint density at radius 1 is 1.14 bits per heavy atom. The summed E-state index contributed by atoms with van der Waals surface area (Å²) in [6.45, 7) is 8.48. The summed E-state index contributed by atoms with van der Waals surface area (Å²) in [5.74, 6) is 0. The lowest BCUT2D eigenvalue weighted by Gasteiger charge is -2.49. The van der Waals surface area contributed by atoms with Crippen molar-refractivity contribution in [2.75, 3.05) is 18.0 Å². The number of hydrogen-bond donors (Lipinski definition) is 0. The normalized spacial score (nSPS) is 19.7. The van der Waals surface area contributed by atoms with Gasteiger partial charge in [-0.2, -0.15) is 10.4 Å². The van der Waals surface area contributed by atoms with Crippen molar-refractivity contribution in [1.82, 2.24) is 33.8 Å². The number of anilines is 1. The average molecular weight is 488 g/mol. The van der Waals surface area contributed by atoms with Crippen LogP contribution in [0.25, 0.3) is 22.2 Å². The van der Waals surface area contributed by atoms with E-state index in [0.29, 0.717) is 6.04 Å². The molecule has 4 aromatic heterocycles. The Morgan fingerprint density at radius 2 is 1.92 bits per heavy atom. The van der Waals surface area contributed by atoms with Crippen LogP contribution in [0.15, 0.2) is 35.6 Å². The molecule has 0 bridgehead atoms. The molecule has 0 radical (unpaired) electrons. The lowest BCUT2D eigenvalue weighted by molar-refractivity contribution is 0.101. The summed E-state index contributed by atoms with van der Waals surface area (Å²) < 4.78 is 5.16. The summed E-state index contributed by atoms with van der Waals surface area (Å²) in [5.41, 5.74) is 5.28. The second-order valence-corrected chi connectivity index (χ2v) is 9.76. The van der Waals surface area contributed by atoms with Crippen molar-refractivity contribution >= 4 is 27.9 Å². The molecule has 10 heteroatoms. The number of aromatic nitrogens is 6. The van der Waals surface area contributed by atoms with E-state index in [-0.39, 0.29) is 24.2 Å². The first-order chi connectivity index (χ1) is 17.4. The average Bonchev–Trinajstić information content (AvgIpc) is 3.48. The molecule has 0 aromatic carbocycles. The highest BCUT2D eigenvalue weighted by atomic mass is 16.1. The van der Waals surface area contributed by atoms with Crippen LogP contribution in [0, 0.1) is 11.3 Å². The molecule has 4 aromatic rings. The fourth-order valence-corrected chi connectivity index (χ4v) is 5.52. The predicted octanol–water partition coefficient (Wildman–Crippen LogP) is 2.98. The minimum atomic E-state index is -0.0672. The Bertz CT molecular complexity index is 1510. The number of pyridine rings is 2. The lowest BCUT2D eigenvalue weighted by Crippen LogP contribution is -2.58. The van der Waals surface area contributed by atoms with Gasteiger partial charge in [0.2, 0.25) is 0 Å². The maximum absolute atomic E-state index is 12.9. The summed E-state index contributed by atoms with van der Waals surface area (Å²) in [6, 6.07) is 6.70. The van der Waals surface area contributed by atoms with E-state index in [1.807, 2.05) is 17.8 Å². The zero-order chi connectivity index (χ0) is 25.6. The molecule has 0 saturated carbocycles. The van der Waals surface area contributed by atoms with Crippen molar-refractivity contribution in [2.24, 2.45) is 14.1 Å². The van der Waals surface area contributed by atoms with Gasteiger partial charge in [0.05, 0.1) is 29.8 Å². The molecule has 36 heavy (non-hydrogen) atoms. The van der Waals surface area contributed by atoms with Crippen molar-refractivity contribution in [2.45, 2.75) is 58.3 Å². The maximum atomic E-state index is 12.9. The van der Waals surface area contributed by atoms with Crippen molar-refractivity contribution in [3.8, 4) is 6.07 Å². The number of nitriles is 1.